The molecule has 0 aliphatic carbocycles. The first-order valence-electron chi connectivity index (χ1n) is 7.97. The van der Waals surface area contributed by atoms with Gasteiger partial charge in [-0.1, -0.05) is 37.6 Å². The summed E-state index contributed by atoms with van der Waals surface area (Å²) in [6.45, 7) is 11.8. The average Bonchev–Trinajstić information content (AvgIpc) is 2.85. The first-order valence-corrected chi connectivity index (χ1v) is 7.97. The zero-order chi connectivity index (χ0) is 14.8. The summed E-state index contributed by atoms with van der Waals surface area (Å²) in [4.78, 5) is 2.44. The van der Waals surface area contributed by atoms with Crippen LogP contribution in [0.15, 0.2) is 18.2 Å². The average molecular weight is 275 g/mol. The summed E-state index contributed by atoms with van der Waals surface area (Å²) >= 11 is 0. The molecule has 1 aliphatic rings. The van der Waals surface area contributed by atoms with Gasteiger partial charge in [-0.15, -0.1) is 0 Å². The van der Waals surface area contributed by atoms with E-state index in [2.05, 4.69) is 50.8 Å². The van der Waals surface area contributed by atoms with Crippen LogP contribution in [-0.4, -0.2) is 29.6 Å². The molecule has 1 saturated heterocycles. The molecular weight excluding hydrogens is 246 g/mol. The minimum atomic E-state index is -0.362. The van der Waals surface area contributed by atoms with Crippen molar-refractivity contribution in [1.29, 1.82) is 0 Å². The topological polar surface area (TPSA) is 23.5 Å². The number of aryl methyl sites for hydroxylation is 2. The Bertz CT molecular complexity index is 451. The van der Waals surface area contributed by atoms with Crippen LogP contribution in [-0.2, 0) is 0 Å². The van der Waals surface area contributed by atoms with Crippen LogP contribution < -0.4 is 0 Å². The highest BCUT2D eigenvalue weighted by molar-refractivity contribution is 5.32. The smallest absolute Gasteiger partial charge is 0.0919 e. The lowest BCUT2D eigenvalue weighted by molar-refractivity contribution is 0.116. The second-order valence-electron chi connectivity index (χ2n) is 6.57. The lowest BCUT2D eigenvalue weighted by atomic mass is 9.82. The van der Waals surface area contributed by atoms with Gasteiger partial charge >= 0.3 is 0 Å². The molecule has 0 aromatic heterocycles. The lowest BCUT2D eigenvalue weighted by Crippen LogP contribution is -2.30. The number of nitrogens with zero attached hydrogens (tertiary/aromatic N) is 1. The molecule has 1 atom stereocenters. The molecule has 1 aromatic carbocycles. The summed E-state index contributed by atoms with van der Waals surface area (Å²) in [6, 6.07) is 6.35. The van der Waals surface area contributed by atoms with Gasteiger partial charge in [0, 0.05) is 13.1 Å². The summed E-state index contributed by atoms with van der Waals surface area (Å²) < 4.78 is 0. The summed E-state index contributed by atoms with van der Waals surface area (Å²) in [5.74, 6) is 0. The van der Waals surface area contributed by atoms with Gasteiger partial charge in [-0.2, -0.15) is 0 Å². The third kappa shape index (κ3) is 3.24. The van der Waals surface area contributed by atoms with Gasteiger partial charge in [0.1, 0.15) is 0 Å². The zero-order valence-electron chi connectivity index (χ0n) is 13.4. The Balaban J connectivity index is 2.02. The van der Waals surface area contributed by atoms with E-state index in [4.69, 9.17) is 0 Å². The van der Waals surface area contributed by atoms with E-state index in [1.54, 1.807) is 0 Å². The predicted octanol–water partition coefficient (Wildman–Crippen LogP) is 3.85. The van der Waals surface area contributed by atoms with E-state index in [-0.39, 0.29) is 6.10 Å². The maximum Gasteiger partial charge on any atom is 0.0919 e. The monoisotopic (exact) mass is 275 g/mol. The van der Waals surface area contributed by atoms with Crippen molar-refractivity contribution < 1.29 is 5.11 Å². The Kier molecular flexibility index (Phi) is 4.87. The number of β-amino-alcohol motifs (C(OH)–C–C–N with tert-alkyl or cyclic N) is 1. The van der Waals surface area contributed by atoms with E-state index in [0.717, 1.165) is 25.2 Å². The third-order valence-corrected chi connectivity index (χ3v) is 5.24. The summed E-state index contributed by atoms with van der Waals surface area (Å²) in [5, 5.41) is 10.6. The molecule has 1 fully saturated rings. The molecule has 0 bridgehead atoms. The Morgan fingerprint density at radius 1 is 1.25 bits per heavy atom. The fraction of sp³-hybridized carbons (Fsp3) is 0.667. The van der Waals surface area contributed by atoms with E-state index in [1.165, 1.54) is 30.4 Å². The first kappa shape index (κ1) is 15.5. The van der Waals surface area contributed by atoms with Gasteiger partial charge in [0.25, 0.3) is 0 Å². The Morgan fingerprint density at radius 2 is 1.95 bits per heavy atom. The minimum Gasteiger partial charge on any atom is -0.387 e. The first-order chi connectivity index (χ1) is 9.49. The van der Waals surface area contributed by atoms with Crippen LogP contribution in [0.4, 0.5) is 0 Å². The molecule has 1 unspecified atom stereocenters. The van der Waals surface area contributed by atoms with Crippen molar-refractivity contribution in [2.45, 2.75) is 53.1 Å². The van der Waals surface area contributed by atoms with E-state index in [0.29, 0.717) is 5.41 Å². The van der Waals surface area contributed by atoms with Crippen molar-refractivity contribution in [2.24, 2.45) is 5.41 Å². The van der Waals surface area contributed by atoms with Crippen molar-refractivity contribution in [3.8, 4) is 0 Å². The van der Waals surface area contributed by atoms with E-state index in [9.17, 15) is 5.11 Å². The number of hydrogen-bond acceptors (Lipinski definition) is 2. The maximum absolute atomic E-state index is 10.6. The molecule has 0 amide bonds. The molecule has 2 heteroatoms. The quantitative estimate of drug-likeness (QED) is 0.882. The summed E-state index contributed by atoms with van der Waals surface area (Å²) in [5.41, 5.74) is 4.00. The number of rotatable bonds is 5. The van der Waals surface area contributed by atoms with Gasteiger partial charge in [0.05, 0.1) is 6.10 Å². The van der Waals surface area contributed by atoms with Crippen LogP contribution >= 0.6 is 0 Å². The van der Waals surface area contributed by atoms with E-state index in [1.807, 2.05) is 0 Å². The maximum atomic E-state index is 10.6. The summed E-state index contributed by atoms with van der Waals surface area (Å²) in [6.07, 6.45) is 3.41. The number of hydrogen-bond donors (Lipinski definition) is 1. The van der Waals surface area contributed by atoms with Crippen LogP contribution in [0, 0.1) is 19.3 Å². The molecule has 0 radical (unpaired) electrons. The fourth-order valence-electron chi connectivity index (χ4n) is 3.47. The standard InChI is InChI=1S/C18H29NO/c1-5-18(6-2)9-10-19(13-18)12-17(20)16-11-14(3)7-8-15(16)4/h7-8,11,17,20H,5-6,9-10,12-13H2,1-4H3. The molecule has 1 aliphatic heterocycles. The largest absolute Gasteiger partial charge is 0.387 e. The highest BCUT2D eigenvalue weighted by Crippen LogP contribution is 2.37. The van der Waals surface area contributed by atoms with Gasteiger partial charge < -0.3 is 5.11 Å². The summed E-state index contributed by atoms with van der Waals surface area (Å²) in [7, 11) is 0. The van der Waals surface area contributed by atoms with Crippen LogP contribution in [0.3, 0.4) is 0 Å². The molecule has 1 N–H and O–H groups in total. The fourth-order valence-corrected chi connectivity index (χ4v) is 3.47. The Hall–Kier alpha value is -0.860. The molecule has 20 heavy (non-hydrogen) atoms. The second-order valence-corrected chi connectivity index (χ2v) is 6.57. The predicted molar refractivity (Wildman–Crippen MR) is 84.9 cm³/mol. The molecule has 1 aromatic rings. The van der Waals surface area contributed by atoms with Gasteiger partial charge in [-0.25, -0.2) is 0 Å². The zero-order valence-corrected chi connectivity index (χ0v) is 13.4. The van der Waals surface area contributed by atoms with Crippen LogP contribution in [0.25, 0.3) is 0 Å². The van der Waals surface area contributed by atoms with E-state index < -0.39 is 0 Å². The van der Waals surface area contributed by atoms with Crippen LogP contribution in [0.5, 0.6) is 0 Å². The molecule has 2 rings (SSSR count). The third-order valence-electron chi connectivity index (χ3n) is 5.24. The number of aliphatic hydroxyl groups is 1. The van der Waals surface area contributed by atoms with Crippen LogP contribution in [0.1, 0.15) is 55.9 Å². The highest BCUT2D eigenvalue weighted by Gasteiger charge is 2.35. The van der Waals surface area contributed by atoms with Crippen LogP contribution in [0.2, 0.25) is 0 Å². The Labute approximate surface area is 123 Å². The SMILES string of the molecule is CCC1(CC)CCN(CC(O)c2cc(C)ccc2C)C1. The van der Waals surface area contributed by atoms with Crippen molar-refractivity contribution >= 4 is 0 Å². The number of aliphatic hydroxyl groups excluding tert-OH is 1. The second kappa shape index (κ2) is 6.28. The Morgan fingerprint density at radius 3 is 2.55 bits per heavy atom. The van der Waals surface area contributed by atoms with Gasteiger partial charge in [-0.05, 0) is 56.2 Å². The molecule has 0 spiro atoms. The van der Waals surface area contributed by atoms with Crippen molar-refractivity contribution in [1.82, 2.24) is 4.90 Å². The van der Waals surface area contributed by atoms with Crippen molar-refractivity contribution in [3.63, 3.8) is 0 Å². The highest BCUT2D eigenvalue weighted by atomic mass is 16.3. The van der Waals surface area contributed by atoms with Gasteiger partial charge in [0.15, 0.2) is 0 Å². The molecule has 2 nitrogen and oxygen atoms in total. The van der Waals surface area contributed by atoms with Crippen molar-refractivity contribution in [2.75, 3.05) is 19.6 Å². The number of benzene rings is 1. The van der Waals surface area contributed by atoms with Gasteiger partial charge in [-0.3, -0.25) is 4.90 Å². The number of likely N-dealkylation sites (tertiary alicyclic amines) is 1. The molecule has 112 valence electrons. The van der Waals surface area contributed by atoms with Gasteiger partial charge in [0.2, 0.25) is 0 Å². The normalized spacial score (nSPS) is 20.2. The van der Waals surface area contributed by atoms with E-state index >= 15 is 0 Å². The molecule has 0 saturated carbocycles. The minimum absolute atomic E-state index is 0.362. The molecule has 1 heterocycles. The van der Waals surface area contributed by atoms with Crippen molar-refractivity contribution in [3.05, 3.63) is 34.9 Å². The molecular formula is C18H29NO. The lowest BCUT2D eigenvalue weighted by Gasteiger charge is -2.27.